The van der Waals surface area contributed by atoms with Crippen LogP contribution in [-0.2, 0) is 9.59 Å². The number of nitrogens with two attached hydrogens (primary N) is 1. The molecule has 0 saturated heterocycles. The second kappa shape index (κ2) is 12.8. The van der Waals surface area contributed by atoms with E-state index in [1.54, 1.807) is 0 Å². The lowest BCUT2D eigenvalue weighted by Crippen LogP contribution is -2.30. The van der Waals surface area contributed by atoms with Crippen molar-refractivity contribution in [3.05, 3.63) is 0 Å². The summed E-state index contributed by atoms with van der Waals surface area (Å²) in [6.45, 7) is -0.729. The molecule has 17 heavy (non-hydrogen) atoms. The van der Waals surface area contributed by atoms with Gasteiger partial charge in [-0.1, -0.05) is 0 Å². The largest absolute Gasteiger partial charge is 0.481 e. The van der Waals surface area contributed by atoms with Gasteiger partial charge in [-0.15, -0.1) is 0 Å². The molecule has 0 rings (SSSR count). The molecule has 0 radical (unpaired) electrons. The quantitative estimate of drug-likeness (QED) is 0.274. The number of hydrogen-bond donors (Lipinski definition) is 7. The first kappa shape index (κ1) is 21.1. The number of rotatable bonds is 6. The lowest BCUT2D eigenvalue weighted by molar-refractivity contribution is -0.139. The summed E-state index contributed by atoms with van der Waals surface area (Å²) in [5.41, 5.74) is 5.00. The van der Waals surface area contributed by atoms with E-state index in [0.717, 1.165) is 0 Å². The minimum Gasteiger partial charge on any atom is -0.481 e. The molecule has 104 valence electrons. The van der Waals surface area contributed by atoms with Gasteiger partial charge in [0.05, 0.1) is 13.2 Å². The molecule has 10 N–H and O–H groups in total. The highest BCUT2D eigenvalue weighted by atomic mass is 16.4. The number of hydrogen-bond acceptors (Lipinski definition) is 7. The van der Waals surface area contributed by atoms with Crippen LogP contribution >= 0.6 is 0 Å². The maximum atomic E-state index is 9.99. The first-order chi connectivity index (χ1) is 7.34. The van der Waals surface area contributed by atoms with E-state index in [9.17, 15) is 9.59 Å². The van der Waals surface area contributed by atoms with Crippen molar-refractivity contribution in [3.8, 4) is 0 Å². The minimum absolute atomic E-state index is 0. The molecule has 0 aromatic heterocycles. The summed E-state index contributed by atoms with van der Waals surface area (Å²) >= 11 is 0. The van der Waals surface area contributed by atoms with Crippen molar-refractivity contribution in [3.63, 3.8) is 0 Å². The monoisotopic (exact) mass is 256 g/mol. The number of aliphatic hydroxyl groups is 3. The van der Waals surface area contributed by atoms with Gasteiger partial charge in [0.2, 0.25) is 0 Å². The average Bonchev–Trinajstić information content (AvgIpc) is 2.25. The fourth-order valence-corrected chi connectivity index (χ4v) is 0.460. The van der Waals surface area contributed by atoms with E-state index in [2.05, 4.69) is 0 Å². The SMILES string of the molecule is N.N[C@@H](CCC(=O)O)C(=O)O.OCC(O)CO. The number of carbonyl (C=O) groups is 2. The molecule has 0 spiro atoms. The Bertz CT molecular complexity index is 208. The van der Waals surface area contributed by atoms with Gasteiger partial charge in [-0.3, -0.25) is 9.59 Å². The number of carboxylic acid groups (broad SMARTS) is 2. The normalized spacial score (nSPS) is 10.9. The molecular formula is C8H20N2O7. The molecule has 0 fully saturated rings. The van der Waals surface area contributed by atoms with Crippen molar-refractivity contribution in [2.45, 2.75) is 25.0 Å². The summed E-state index contributed by atoms with van der Waals surface area (Å²) in [6, 6.07) is -1.06. The standard InChI is InChI=1S/C5H9NO4.C3H8O3.H3N/c6-3(5(9)10)1-2-4(7)8;4-1-3(6)2-5;/h3H,1-2,6H2,(H,7,8)(H,9,10);3-6H,1-2H2;1H3/t3-;;/m0../s1. The van der Waals surface area contributed by atoms with Crippen LogP contribution in [0.3, 0.4) is 0 Å². The topological polar surface area (TPSA) is 196 Å². The van der Waals surface area contributed by atoms with Gasteiger partial charge in [-0.05, 0) is 6.42 Å². The van der Waals surface area contributed by atoms with Crippen LogP contribution in [-0.4, -0.2) is 62.8 Å². The Hall–Kier alpha value is -1.26. The van der Waals surface area contributed by atoms with Crippen LogP contribution in [0.4, 0.5) is 0 Å². The molecule has 0 saturated carbocycles. The Balaban J connectivity index is -0.000000244. The van der Waals surface area contributed by atoms with Gasteiger partial charge in [0.1, 0.15) is 12.1 Å². The Morgan fingerprint density at radius 2 is 1.53 bits per heavy atom. The highest BCUT2D eigenvalue weighted by Gasteiger charge is 2.12. The Morgan fingerprint density at radius 3 is 1.71 bits per heavy atom. The van der Waals surface area contributed by atoms with E-state index in [1.165, 1.54) is 0 Å². The van der Waals surface area contributed by atoms with E-state index in [-0.39, 0.29) is 32.2 Å². The second-order valence-electron chi connectivity index (χ2n) is 2.90. The third kappa shape index (κ3) is 17.4. The average molecular weight is 256 g/mol. The van der Waals surface area contributed by atoms with Crippen LogP contribution in [0.15, 0.2) is 0 Å². The maximum Gasteiger partial charge on any atom is 0.320 e. The maximum absolute atomic E-state index is 9.99. The second-order valence-corrected chi connectivity index (χ2v) is 2.90. The smallest absolute Gasteiger partial charge is 0.320 e. The zero-order valence-electron chi connectivity index (χ0n) is 9.32. The Kier molecular flexibility index (Phi) is 15.9. The van der Waals surface area contributed by atoms with Crippen molar-refractivity contribution in [2.24, 2.45) is 5.73 Å². The molecule has 0 heterocycles. The molecule has 0 aromatic rings. The fraction of sp³-hybridized carbons (Fsp3) is 0.750. The molecular weight excluding hydrogens is 236 g/mol. The zero-order valence-corrected chi connectivity index (χ0v) is 9.32. The number of aliphatic hydroxyl groups excluding tert-OH is 3. The lowest BCUT2D eigenvalue weighted by atomic mass is 10.2. The zero-order chi connectivity index (χ0) is 13.1. The minimum atomic E-state index is -1.17. The highest BCUT2D eigenvalue weighted by molar-refractivity contribution is 5.74. The fourth-order valence-electron chi connectivity index (χ4n) is 0.460. The molecule has 9 nitrogen and oxygen atoms in total. The van der Waals surface area contributed by atoms with Crippen LogP contribution in [0.5, 0.6) is 0 Å². The van der Waals surface area contributed by atoms with Crippen molar-refractivity contribution >= 4 is 11.9 Å². The molecule has 0 bridgehead atoms. The van der Waals surface area contributed by atoms with Crippen LogP contribution in [0, 0.1) is 0 Å². The first-order valence-electron chi connectivity index (χ1n) is 4.45. The van der Waals surface area contributed by atoms with E-state index < -0.39 is 24.1 Å². The van der Waals surface area contributed by atoms with E-state index >= 15 is 0 Å². The first-order valence-corrected chi connectivity index (χ1v) is 4.45. The molecule has 0 aliphatic heterocycles. The predicted molar refractivity (Wildman–Crippen MR) is 57.7 cm³/mol. The van der Waals surface area contributed by atoms with Crippen molar-refractivity contribution in [1.29, 1.82) is 0 Å². The van der Waals surface area contributed by atoms with E-state index in [0.29, 0.717) is 0 Å². The summed E-state index contributed by atoms with van der Waals surface area (Å²) in [5.74, 6) is -2.20. The van der Waals surface area contributed by atoms with Gasteiger partial charge in [-0.25, -0.2) is 0 Å². The van der Waals surface area contributed by atoms with Gasteiger partial charge in [0, 0.05) is 6.42 Å². The van der Waals surface area contributed by atoms with Gasteiger partial charge in [-0.2, -0.15) is 0 Å². The van der Waals surface area contributed by atoms with Crippen molar-refractivity contribution in [2.75, 3.05) is 13.2 Å². The van der Waals surface area contributed by atoms with Crippen LogP contribution in [0.25, 0.3) is 0 Å². The van der Waals surface area contributed by atoms with Crippen LogP contribution < -0.4 is 11.9 Å². The van der Waals surface area contributed by atoms with Crippen molar-refractivity contribution < 1.29 is 35.1 Å². The third-order valence-corrected chi connectivity index (χ3v) is 1.41. The Labute approximate surface area is 98.1 Å². The summed E-state index contributed by atoms with van der Waals surface area (Å²) in [5, 5.41) is 40.3. The number of carboxylic acids is 2. The van der Waals surface area contributed by atoms with Gasteiger partial charge in [0.15, 0.2) is 0 Å². The molecule has 0 amide bonds. The molecule has 9 heteroatoms. The van der Waals surface area contributed by atoms with Gasteiger partial charge < -0.3 is 37.4 Å². The molecule has 0 aromatic carbocycles. The highest BCUT2D eigenvalue weighted by Crippen LogP contribution is 1.93. The van der Waals surface area contributed by atoms with Gasteiger partial charge >= 0.3 is 11.9 Å². The van der Waals surface area contributed by atoms with E-state index in [1.807, 2.05) is 0 Å². The number of aliphatic carboxylic acids is 2. The summed E-state index contributed by atoms with van der Waals surface area (Å²) in [6.07, 6.45) is -1.18. The van der Waals surface area contributed by atoms with Gasteiger partial charge in [0.25, 0.3) is 0 Å². The molecule has 1 atom stereocenters. The van der Waals surface area contributed by atoms with E-state index in [4.69, 9.17) is 31.3 Å². The van der Waals surface area contributed by atoms with Crippen LogP contribution in [0.2, 0.25) is 0 Å². The predicted octanol–water partition coefficient (Wildman–Crippen LogP) is -2.24. The summed E-state index contributed by atoms with van der Waals surface area (Å²) in [4.78, 5) is 19.9. The lowest BCUT2D eigenvalue weighted by Gasteiger charge is -2.01. The summed E-state index contributed by atoms with van der Waals surface area (Å²) < 4.78 is 0. The Morgan fingerprint density at radius 1 is 1.12 bits per heavy atom. The third-order valence-electron chi connectivity index (χ3n) is 1.41. The molecule has 0 aliphatic carbocycles. The van der Waals surface area contributed by atoms with Crippen LogP contribution in [0.1, 0.15) is 12.8 Å². The molecule has 0 aliphatic rings. The molecule has 0 unspecified atom stereocenters. The van der Waals surface area contributed by atoms with Crippen molar-refractivity contribution in [1.82, 2.24) is 6.15 Å². The summed E-state index contributed by atoms with van der Waals surface area (Å²) in [7, 11) is 0.